The summed E-state index contributed by atoms with van der Waals surface area (Å²) in [6.45, 7) is 1.44. The van der Waals surface area contributed by atoms with Crippen molar-refractivity contribution in [2.45, 2.75) is 30.8 Å². The molecule has 0 saturated heterocycles. The monoisotopic (exact) mass is 483 g/mol. The minimum atomic E-state index is -3.61. The SMILES string of the molecule is CN(Cc1nc2ccccc2n1CCCCOc1ccccc1Cl)S(=O)(=O)c1ccccc1. The fourth-order valence-electron chi connectivity index (χ4n) is 3.67. The van der Waals surface area contributed by atoms with E-state index in [9.17, 15) is 8.42 Å². The summed E-state index contributed by atoms with van der Waals surface area (Å²) in [5, 5.41) is 0.600. The molecule has 0 saturated carbocycles. The summed E-state index contributed by atoms with van der Waals surface area (Å²) >= 11 is 6.14. The molecule has 0 aliphatic heterocycles. The van der Waals surface area contributed by atoms with Crippen molar-refractivity contribution in [1.82, 2.24) is 13.9 Å². The molecule has 0 atom stereocenters. The van der Waals surface area contributed by atoms with E-state index in [1.165, 1.54) is 4.31 Å². The number of nitrogens with zero attached hydrogens (tertiary/aromatic N) is 3. The summed E-state index contributed by atoms with van der Waals surface area (Å²) in [5.41, 5.74) is 1.84. The first-order valence-corrected chi connectivity index (χ1v) is 12.6. The number of rotatable bonds is 10. The molecule has 172 valence electrons. The predicted octanol–water partition coefficient (Wildman–Crippen LogP) is 5.37. The minimum absolute atomic E-state index is 0.183. The second-order valence-corrected chi connectivity index (χ2v) is 10.2. The zero-order valence-corrected chi connectivity index (χ0v) is 20.0. The number of para-hydroxylation sites is 3. The second-order valence-electron chi connectivity index (χ2n) is 7.73. The number of benzene rings is 3. The molecular weight excluding hydrogens is 458 g/mol. The van der Waals surface area contributed by atoms with E-state index in [-0.39, 0.29) is 11.4 Å². The van der Waals surface area contributed by atoms with Gasteiger partial charge in [-0.1, -0.05) is 54.1 Å². The lowest BCUT2D eigenvalue weighted by molar-refractivity contribution is 0.303. The van der Waals surface area contributed by atoms with E-state index in [1.54, 1.807) is 43.4 Å². The highest BCUT2D eigenvalue weighted by Gasteiger charge is 2.23. The Morgan fingerprint density at radius 2 is 1.64 bits per heavy atom. The van der Waals surface area contributed by atoms with Crippen LogP contribution >= 0.6 is 11.6 Å². The van der Waals surface area contributed by atoms with E-state index < -0.39 is 10.0 Å². The van der Waals surface area contributed by atoms with Crippen molar-refractivity contribution in [3.05, 3.63) is 89.7 Å². The normalized spacial score (nSPS) is 11.8. The predicted molar refractivity (Wildman–Crippen MR) is 131 cm³/mol. The molecular formula is C25H26ClN3O3S. The number of aromatic nitrogens is 2. The van der Waals surface area contributed by atoms with Crippen molar-refractivity contribution in [2.24, 2.45) is 0 Å². The first-order chi connectivity index (χ1) is 16.0. The Morgan fingerprint density at radius 1 is 0.939 bits per heavy atom. The molecule has 0 spiro atoms. The van der Waals surface area contributed by atoms with Crippen LogP contribution in [0.4, 0.5) is 0 Å². The van der Waals surface area contributed by atoms with Crippen LogP contribution in [0.15, 0.2) is 83.8 Å². The van der Waals surface area contributed by atoms with E-state index >= 15 is 0 Å². The lowest BCUT2D eigenvalue weighted by Crippen LogP contribution is -2.28. The molecule has 1 aromatic heterocycles. The third-order valence-electron chi connectivity index (χ3n) is 5.42. The average Bonchev–Trinajstić information content (AvgIpc) is 3.17. The Balaban J connectivity index is 1.46. The van der Waals surface area contributed by atoms with Crippen molar-refractivity contribution in [1.29, 1.82) is 0 Å². The Morgan fingerprint density at radius 3 is 2.42 bits per heavy atom. The van der Waals surface area contributed by atoms with Crippen molar-refractivity contribution in [2.75, 3.05) is 13.7 Å². The van der Waals surface area contributed by atoms with Crippen molar-refractivity contribution in [3.8, 4) is 5.75 Å². The van der Waals surface area contributed by atoms with Crippen molar-refractivity contribution >= 4 is 32.7 Å². The smallest absolute Gasteiger partial charge is 0.243 e. The minimum Gasteiger partial charge on any atom is -0.492 e. The summed E-state index contributed by atoms with van der Waals surface area (Å²) in [5.74, 6) is 1.39. The van der Waals surface area contributed by atoms with E-state index in [4.69, 9.17) is 21.3 Å². The van der Waals surface area contributed by atoms with Gasteiger partial charge < -0.3 is 9.30 Å². The first kappa shape index (κ1) is 23.3. The molecule has 0 amide bonds. The summed E-state index contributed by atoms with van der Waals surface area (Å²) < 4.78 is 35.2. The number of imidazole rings is 1. The Labute approximate surface area is 199 Å². The van der Waals surface area contributed by atoms with Gasteiger partial charge in [0.25, 0.3) is 0 Å². The largest absolute Gasteiger partial charge is 0.492 e. The molecule has 1 heterocycles. The van der Waals surface area contributed by atoms with Crippen LogP contribution in [-0.4, -0.2) is 35.9 Å². The fraction of sp³-hybridized carbons (Fsp3) is 0.240. The number of halogens is 1. The molecule has 3 aromatic carbocycles. The maximum absolute atomic E-state index is 13.0. The lowest BCUT2D eigenvalue weighted by atomic mass is 10.3. The second kappa shape index (κ2) is 10.4. The van der Waals surface area contributed by atoms with Crippen LogP contribution in [0.3, 0.4) is 0 Å². The number of hydrogen-bond donors (Lipinski definition) is 0. The van der Waals surface area contributed by atoms with Crippen LogP contribution < -0.4 is 4.74 Å². The van der Waals surface area contributed by atoms with Crippen LogP contribution in [0.25, 0.3) is 11.0 Å². The molecule has 33 heavy (non-hydrogen) atoms. The quantitative estimate of drug-likeness (QED) is 0.284. The van der Waals surface area contributed by atoms with Gasteiger partial charge in [0.15, 0.2) is 0 Å². The van der Waals surface area contributed by atoms with Crippen molar-refractivity contribution in [3.63, 3.8) is 0 Å². The highest BCUT2D eigenvalue weighted by molar-refractivity contribution is 7.89. The highest BCUT2D eigenvalue weighted by Crippen LogP contribution is 2.24. The summed E-state index contributed by atoms with van der Waals surface area (Å²) in [7, 11) is -2.02. The average molecular weight is 484 g/mol. The standard InChI is InChI=1S/C25H26ClN3O3S/c1-28(33(30,31)20-11-3-2-4-12-20)19-25-27-22-14-6-7-15-23(22)29(25)17-9-10-18-32-24-16-8-5-13-21(24)26/h2-8,11-16H,9-10,17-19H2,1H3. The van der Waals surface area contributed by atoms with Crippen LogP contribution in [0, 0.1) is 0 Å². The van der Waals surface area contributed by atoms with Gasteiger partial charge in [-0.25, -0.2) is 13.4 Å². The van der Waals surface area contributed by atoms with Gasteiger partial charge in [0, 0.05) is 13.6 Å². The van der Waals surface area contributed by atoms with Gasteiger partial charge >= 0.3 is 0 Å². The molecule has 0 bridgehead atoms. The lowest BCUT2D eigenvalue weighted by Gasteiger charge is -2.18. The molecule has 0 unspecified atom stereocenters. The van der Waals surface area contributed by atoms with Crippen LogP contribution in [0.2, 0.25) is 5.02 Å². The topological polar surface area (TPSA) is 64.4 Å². The summed E-state index contributed by atoms with van der Waals surface area (Å²) in [6, 6.07) is 23.7. The van der Waals surface area contributed by atoms with E-state index in [1.807, 2.05) is 42.5 Å². The van der Waals surface area contributed by atoms with Crippen LogP contribution in [-0.2, 0) is 23.1 Å². The third kappa shape index (κ3) is 5.38. The van der Waals surface area contributed by atoms with Gasteiger partial charge in [0.05, 0.1) is 34.1 Å². The van der Waals surface area contributed by atoms with E-state index in [2.05, 4.69) is 4.57 Å². The van der Waals surface area contributed by atoms with Gasteiger partial charge in [-0.05, 0) is 49.2 Å². The van der Waals surface area contributed by atoms with Crippen molar-refractivity contribution < 1.29 is 13.2 Å². The van der Waals surface area contributed by atoms with Gasteiger partial charge in [-0.2, -0.15) is 4.31 Å². The maximum Gasteiger partial charge on any atom is 0.243 e. The van der Waals surface area contributed by atoms with E-state index in [0.29, 0.717) is 29.7 Å². The third-order valence-corrected chi connectivity index (χ3v) is 7.55. The van der Waals surface area contributed by atoms with Gasteiger partial charge in [-0.15, -0.1) is 0 Å². The zero-order valence-electron chi connectivity index (χ0n) is 18.4. The molecule has 8 heteroatoms. The Hall–Kier alpha value is -2.87. The molecule has 4 aromatic rings. The molecule has 0 aliphatic carbocycles. The van der Waals surface area contributed by atoms with Gasteiger partial charge in [0.1, 0.15) is 11.6 Å². The van der Waals surface area contributed by atoms with Gasteiger partial charge in [0.2, 0.25) is 10.0 Å². The number of unbranched alkanes of at least 4 members (excludes halogenated alkanes) is 1. The number of hydrogen-bond acceptors (Lipinski definition) is 4. The molecule has 0 radical (unpaired) electrons. The molecule has 6 nitrogen and oxygen atoms in total. The number of fused-ring (bicyclic) bond motifs is 1. The highest BCUT2D eigenvalue weighted by atomic mass is 35.5. The molecule has 0 fully saturated rings. The summed E-state index contributed by atoms with van der Waals surface area (Å²) in [6.07, 6.45) is 1.68. The fourth-order valence-corrected chi connectivity index (χ4v) is 5.00. The van der Waals surface area contributed by atoms with Crippen LogP contribution in [0.1, 0.15) is 18.7 Å². The molecule has 4 rings (SSSR count). The van der Waals surface area contributed by atoms with Gasteiger partial charge in [-0.3, -0.25) is 0 Å². The first-order valence-electron chi connectivity index (χ1n) is 10.8. The van der Waals surface area contributed by atoms with Crippen LogP contribution in [0.5, 0.6) is 5.75 Å². The zero-order chi connectivity index (χ0) is 23.3. The number of ether oxygens (including phenoxy) is 1. The summed E-state index contributed by atoms with van der Waals surface area (Å²) in [4.78, 5) is 5.00. The maximum atomic E-state index is 13.0. The Kier molecular flexibility index (Phi) is 7.33. The number of sulfonamides is 1. The molecule has 0 N–H and O–H groups in total. The van der Waals surface area contributed by atoms with E-state index in [0.717, 1.165) is 23.9 Å². The Bertz CT molecular complexity index is 1320. The molecule has 0 aliphatic rings. The number of aryl methyl sites for hydroxylation is 1.